The molecule has 152 valence electrons. The van der Waals surface area contributed by atoms with Crippen LogP contribution in [0.15, 0.2) is 12.2 Å². The van der Waals surface area contributed by atoms with Crippen LogP contribution in [0.2, 0.25) is 0 Å². The van der Waals surface area contributed by atoms with E-state index in [1.165, 1.54) is 96.4 Å². The Kier molecular flexibility index (Phi) is 22.0. The lowest BCUT2D eigenvalue weighted by Gasteiger charge is -2.28. The van der Waals surface area contributed by atoms with E-state index in [2.05, 4.69) is 33.2 Å². The summed E-state index contributed by atoms with van der Waals surface area (Å²) in [5.41, 5.74) is 0. The standard InChI is InChI=1S/C22H46NO.ClH/c1-4-5-6-7-8-9-10-11-12-13-14-15-16-17-18-19-20-23(2,3)21-22-24;/h11-12,24H,4-10,13-22H2,1-3H3;1H/q+1;/p-1. The van der Waals surface area contributed by atoms with E-state index in [1.54, 1.807) is 0 Å². The molecule has 0 aromatic rings. The summed E-state index contributed by atoms with van der Waals surface area (Å²) in [6.07, 6.45) is 23.9. The smallest absolute Gasteiger partial charge is 0.102 e. The molecule has 0 saturated heterocycles. The number of unbranched alkanes of at least 4 members (excludes halogenated alkanes) is 12. The molecule has 1 N–H and O–H groups in total. The summed E-state index contributed by atoms with van der Waals surface area (Å²) in [5.74, 6) is 0. The Morgan fingerprint density at radius 1 is 0.640 bits per heavy atom. The first kappa shape index (κ1) is 27.2. The van der Waals surface area contributed by atoms with Crippen molar-refractivity contribution in [3.63, 3.8) is 0 Å². The summed E-state index contributed by atoms with van der Waals surface area (Å²) >= 11 is 0. The Labute approximate surface area is 165 Å². The molecular formula is C22H46ClNO. The SMILES string of the molecule is CCCCCCCCC=CCCCCCCCC[N+](C)(C)CCO.[Cl-]. The van der Waals surface area contributed by atoms with Gasteiger partial charge in [-0.3, -0.25) is 0 Å². The predicted molar refractivity (Wildman–Crippen MR) is 108 cm³/mol. The van der Waals surface area contributed by atoms with E-state index in [9.17, 15) is 0 Å². The highest BCUT2D eigenvalue weighted by atomic mass is 35.5. The second kappa shape index (κ2) is 20.3. The maximum atomic E-state index is 9.02. The summed E-state index contributed by atoms with van der Waals surface area (Å²) in [4.78, 5) is 0. The van der Waals surface area contributed by atoms with Crippen LogP contribution in [0, 0.1) is 0 Å². The van der Waals surface area contributed by atoms with E-state index in [0.29, 0.717) is 6.61 Å². The summed E-state index contributed by atoms with van der Waals surface area (Å²) in [5, 5.41) is 9.02. The Morgan fingerprint density at radius 2 is 1.08 bits per heavy atom. The highest BCUT2D eigenvalue weighted by Crippen LogP contribution is 2.11. The lowest BCUT2D eigenvalue weighted by Crippen LogP contribution is -3.00. The molecule has 0 aliphatic carbocycles. The number of halogens is 1. The minimum Gasteiger partial charge on any atom is -1.00 e. The van der Waals surface area contributed by atoms with Gasteiger partial charge in [0.15, 0.2) is 0 Å². The molecular weight excluding hydrogens is 330 g/mol. The fourth-order valence-electron chi connectivity index (χ4n) is 3.17. The van der Waals surface area contributed by atoms with E-state index in [4.69, 9.17) is 5.11 Å². The van der Waals surface area contributed by atoms with Crippen molar-refractivity contribution in [1.82, 2.24) is 0 Å². The summed E-state index contributed by atoms with van der Waals surface area (Å²) in [6.45, 7) is 4.66. The maximum Gasteiger partial charge on any atom is 0.102 e. The van der Waals surface area contributed by atoms with E-state index in [1.807, 2.05) is 0 Å². The van der Waals surface area contributed by atoms with Gasteiger partial charge in [-0.2, -0.15) is 0 Å². The van der Waals surface area contributed by atoms with E-state index in [0.717, 1.165) is 11.0 Å². The van der Waals surface area contributed by atoms with Gasteiger partial charge in [-0.15, -0.1) is 0 Å². The van der Waals surface area contributed by atoms with Gasteiger partial charge in [-0.25, -0.2) is 0 Å². The monoisotopic (exact) mass is 375 g/mol. The van der Waals surface area contributed by atoms with Crippen LogP contribution >= 0.6 is 0 Å². The number of hydrogen-bond donors (Lipinski definition) is 1. The van der Waals surface area contributed by atoms with Crippen LogP contribution in [0.5, 0.6) is 0 Å². The quantitative estimate of drug-likeness (QED) is 0.222. The number of hydrogen-bond acceptors (Lipinski definition) is 1. The Hall–Kier alpha value is -0.0500. The van der Waals surface area contributed by atoms with Crippen LogP contribution in [-0.4, -0.2) is 43.4 Å². The van der Waals surface area contributed by atoms with Crippen molar-refractivity contribution in [3.8, 4) is 0 Å². The topological polar surface area (TPSA) is 20.2 Å². The third kappa shape index (κ3) is 21.9. The van der Waals surface area contributed by atoms with Crippen molar-refractivity contribution in [2.45, 2.75) is 96.8 Å². The lowest BCUT2D eigenvalue weighted by molar-refractivity contribution is -0.890. The molecule has 25 heavy (non-hydrogen) atoms. The molecule has 0 heterocycles. The van der Waals surface area contributed by atoms with Crippen LogP contribution in [0.25, 0.3) is 0 Å². The first-order valence-electron chi connectivity index (χ1n) is 10.7. The molecule has 0 amide bonds. The van der Waals surface area contributed by atoms with Crippen LogP contribution in [0.4, 0.5) is 0 Å². The molecule has 3 heteroatoms. The third-order valence-electron chi connectivity index (χ3n) is 4.98. The Bertz CT molecular complexity index is 279. The molecule has 0 rings (SSSR count). The zero-order chi connectivity index (χ0) is 17.9. The number of likely N-dealkylation sites (N-methyl/N-ethyl adjacent to an activating group) is 1. The van der Waals surface area contributed by atoms with E-state index >= 15 is 0 Å². The minimum absolute atomic E-state index is 0. The number of rotatable bonds is 18. The third-order valence-corrected chi connectivity index (χ3v) is 4.98. The van der Waals surface area contributed by atoms with Gasteiger partial charge < -0.3 is 22.0 Å². The molecule has 2 nitrogen and oxygen atoms in total. The lowest BCUT2D eigenvalue weighted by atomic mass is 10.1. The van der Waals surface area contributed by atoms with Crippen LogP contribution in [0.1, 0.15) is 96.8 Å². The van der Waals surface area contributed by atoms with Crippen molar-refractivity contribution in [3.05, 3.63) is 12.2 Å². The van der Waals surface area contributed by atoms with E-state index in [-0.39, 0.29) is 12.4 Å². The molecule has 0 radical (unpaired) electrons. The molecule has 0 bridgehead atoms. The average Bonchev–Trinajstić information content (AvgIpc) is 2.54. The number of aliphatic hydroxyl groups excluding tert-OH is 1. The molecule has 0 aromatic carbocycles. The zero-order valence-corrected chi connectivity index (χ0v) is 18.2. The second-order valence-electron chi connectivity index (χ2n) is 8.04. The van der Waals surface area contributed by atoms with Gasteiger partial charge in [0, 0.05) is 0 Å². The molecule has 0 spiro atoms. The minimum atomic E-state index is 0. The fraction of sp³-hybridized carbons (Fsp3) is 0.909. The fourth-order valence-corrected chi connectivity index (χ4v) is 3.17. The van der Waals surface area contributed by atoms with Gasteiger partial charge in [0.05, 0.1) is 27.2 Å². The molecule has 0 atom stereocenters. The predicted octanol–water partition coefficient (Wildman–Crippen LogP) is 3.10. The highest BCUT2D eigenvalue weighted by molar-refractivity contribution is 4.81. The normalized spacial score (nSPS) is 11.8. The number of aliphatic hydroxyl groups is 1. The average molecular weight is 376 g/mol. The zero-order valence-electron chi connectivity index (χ0n) is 17.4. The molecule has 0 saturated carbocycles. The van der Waals surface area contributed by atoms with Crippen molar-refractivity contribution in [2.24, 2.45) is 0 Å². The van der Waals surface area contributed by atoms with Crippen molar-refractivity contribution in [2.75, 3.05) is 33.8 Å². The van der Waals surface area contributed by atoms with Crippen molar-refractivity contribution in [1.29, 1.82) is 0 Å². The molecule has 0 aromatic heterocycles. The van der Waals surface area contributed by atoms with Crippen LogP contribution in [-0.2, 0) is 0 Å². The Balaban J connectivity index is 0. The molecule has 0 unspecified atom stereocenters. The van der Waals surface area contributed by atoms with E-state index < -0.39 is 0 Å². The van der Waals surface area contributed by atoms with Crippen molar-refractivity contribution < 1.29 is 22.0 Å². The number of allylic oxidation sites excluding steroid dienone is 2. The second-order valence-corrected chi connectivity index (χ2v) is 8.04. The largest absolute Gasteiger partial charge is 1.00 e. The maximum absolute atomic E-state index is 9.02. The summed E-state index contributed by atoms with van der Waals surface area (Å²) in [6, 6.07) is 0. The van der Waals surface area contributed by atoms with Gasteiger partial charge >= 0.3 is 0 Å². The highest BCUT2D eigenvalue weighted by Gasteiger charge is 2.12. The molecule has 0 aliphatic rings. The van der Waals surface area contributed by atoms with Crippen LogP contribution in [0.3, 0.4) is 0 Å². The van der Waals surface area contributed by atoms with Crippen molar-refractivity contribution >= 4 is 0 Å². The first-order chi connectivity index (χ1) is 11.6. The summed E-state index contributed by atoms with van der Waals surface area (Å²) in [7, 11) is 4.43. The number of quaternary nitrogens is 1. The number of nitrogens with zero attached hydrogens (tertiary/aromatic N) is 1. The van der Waals surface area contributed by atoms with Gasteiger partial charge in [0.25, 0.3) is 0 Å². The van der Waals surface area contributed by atoms with Gasteiger partial charge in [0.2, 0.25) is 0 Å². The van der Waals surface area contributed by atoms with Gasteiger partial charge in [0.1, 0.15) is 6.54 Å². The van der Waals surface area contributed by atoms with Gasteiger partial charge in [-0.05, 0) is 38.5 Å². The van der Waals surface area contributed by atoms with Crippen LogP contribution < -0.4 is 12.4 Å². The summed E-state index contributed by atoms with van der Waals surface area (Å²) < 4.78 is 0.958. The molecule has 0 aliphatic heterocycles. The Morgan fingerprint density at radius 3 is 1.56 bits per heavy atom. The molecule has 0 fully saturated rings. The first-order valence-corrected chi connectivity index (χ1v) is 10.7. The van der Waals surface area contributed by atoms with Gasteiger partial charge in [-0.1, -0.05) is 70.4 Å².